The third-order valence-corrected chi connectivity index (χ3v) is 4.91. The van der Waals surface area contributed by atoms with E-state index in [1.54, 1.807) is 24.3 Å². The highest BCUT2D eigenvalue weighted by Gasteiger charge is 2.21. The summed E-state index contributed by atoms with van der Waals surface area (Å²) in [6.45, 7) is 7.84. The van der Waals surface area contributed by atoms with Gasteiger partial charge in [0.2, 0.25) is 0 Å². The number of nitrogens with zero attached hydrogens (tertiary/aromatic N) is 2. The normalized spacial score (nSPS) is 15.1. The van der Waals surface area contributed by atoms with Crippen LogP contribution in [0, 0.1) is 5.82 Å². The Labute approximate surface area is 153 Å². The molecule has 0 N–H and O–H groups in total. The summed E-state index contributed by atoms with van der Waals surface area (Å²) < 4.78 is 13.6. The van der Waals surface area contributed by atoms with Gasteiger partial charge in [-0.1, -0.05) is 19.1 Å². The SMILES string of the molecule is CCN1CCN(C(=O)c2ccc(-c3cc(F)ccc3C(C)=O)cc2)CC1. The Bertz CT molecular complexity index is 809. The summed E-state index contributed by atoms with van der Waals surface area (Å²) >= 11 is 0. The van der Waals surface area contributed by atoms with E-state index in [9.17, 15) is 14.0 Å². The molecule has 136 valence electrons. The van der Waals surface area contributed by atoms with Crippen molar-refractivity contribution < 1.29 is 14.0 Å². The van der Waals surface area contributed by atoms with Crippen LogP contribution in [0.25, 0.3) is 11.1 Å². The lowest BCUT2D eigenvalue weighted by Gasteiger charge is -2.34. The van der Waals surface area contributed by atoms with Gasteiger partial charge >= 0.3 is 0 Å². The Morgan fingerprint density at radius 1 is 1.00 bits per heavy atom. The maximum atomic E-state index is 13.6. The van der Waals surface area contributed by atoms with Crippen LogP contribution < -0.4 is 0 Å². The average Bonchev–Trinajstić information content (AvgIpc) is 2.67. The zero-order valence-corrected chi connectivity index (χ0v) is 15.2. The Kier molecular flexibility index (Phi) is 5.47. The molecule has 0 aliphatic carbocycles. The van der Waals surface area contributed by atoms with Crippen LogP contribution in [0.15, 0.2) is 42.5 Å². The summed E-state index contributed by atoms with van der Waals surface area (Å²) in [7, 11) is 0. The standard InChI is InChI=1S/C21H23FN2O2/c1-3-23-10-12-24(13-11-23)21(26)17-6-4-16(5-7-17)20-14-18(22)8-9-19(20)15(2)25/h4-9,14H,3,10-13H2,1-2H3. The predicted molar refractivity (Wildman–Crippen MR) is 99.9 cm³/mol. The first-order chi connectivity index (χ1) is 12.5. The number of hydrogen-bond acceptors (Lipinski definition) is 3. The van der Waals surface area contributed by atoms with Crippen LogP contribution in [0.4, 0.5) is 4.39 Å². The molecule has 1 saturated heterocycles. The van der Waals surface area contributed by atoms with Gasteiger partial charge in [0.15, 0.2) is 5.78 Å². The smallest absolute Gasteiger partial charge is 0.253 e. The molecule has 0 radical (unpaired) electrons. The number of halogens is 1. The van der Waals surface area contributed by atoms with Gasteiger partial charge in [0.1, 0.15) is 5.82 Å². The molecule has 0 saturated carbocycles. The maximum absolute atomic E-state index is 13.6. The summed E-state index contributed by atoms with van der Waals surface area (Å²) in [5.41, 5.74) is 2.36. The molecule has 26 heavy (non-hydrogen) atoms. The van der Waals surface area contributed by atoms with Crippen LogP contribution in [0.1, 0.15) is 34.6 Å². The molecule has 0 bridgehead atoms. The zero-order chi connectivity index (χ0) is 18.7. The van der Waals surface area contributed by atoms with Gasteiger partial charge in [-0.2, -0.15) is 0 Å². The van der Waals surface area contributed by atoms with Crippen molar-refractivity contribution in [2.45, 2.75) is 13.8 Å². The third kappa shape index (κ3) is 3.83. The number of carbonyl (C=O) groups excluding carboxylic acids is 2. The van der Waals surface area contributed by atoms with E-state index < -0.39 is 0 Å². The molecule has 0 atom stereocenters. The highest BCUT2D eigenvalue weighted by molar-refractivity contribution is 6.01. The van der Waals surface area contributed by atoms with Crippen molar-refractivity contribution in [2.24, 2.45) is 0 Å². The summed E-state index contributed by atoms with van der Waals surface area (Å²) in [5.74, 6) is -0.494. The first kappa shape index (κ1) is 18.3. The summed E-state index contributed by atoms with van der Waals surface area (Å²) in [5, 5.41) is 0. The van der Waals surface area contributed by atoms with Crippen molar-refractivity contribution in [3.8, 4) is 11.1 Å². The van der Waals surface area contributed by atoms with E-state index >= 15 is 0 Å². The Morgan fingerprint density at radius 3 is 2.23 bits per heavy atom. The van der Waals surface area contributed by atoms with Gasteiger partial charge in [0.05, 0.1) is 0 Å². The first-order valence-electron chi connectivity index (χ1n) is 8.92. The Hall–Kier alpha value is -2.53. The molecule has 1 aliphatic rings. The minimum Gasteiger partial charge on any atom is -0.336 e. The van der Waals surface area contributed by atoms with E-state index in [2.05, 4.69) is 11.8 Å². The predicted octanol–water partition coefficient (Wildman–Crippen LogP) is 3.47. The molecule has 3 rings (SSSR count). The second-order valence-corrected chi connectivity index (χ2v) is 6.55. The van der Waals surface area contributed by atoms with E-state index in [-0.39, 0.29) is 17.5 Å². The van der Waals surface area contributed by atoms with Crippen molar-refractivity contribution in [3.63, 3.8) is 0 Å². The second-order valence-electron chi connectivity index (χ2n) is 6.55. The van der Waals surface area contributed by atoms with Crippen LogP contribution in [0.5, 0.6) is 0 Å². The van der Waals surface area contributed by atoms with Gasteiger partial charge in [-0.05, 0) is 54.9 Å². The van der Waals surface area contributed by atoms with E-state index in [1.807, 2.05) is 4.90 Å². The molecule has 5 heteroatoms. The van der Waals surface area contributed by atoms with Crippen LogP contribution in [-0.2, 0) is 0 Å². The number of rotatable bonds is 4. The fraction of sp³-hybridized carbons (Fsp3) is 0.333. The molecular formula is C21H23FN2O2. The topological polar surface area (TPSA) is 40.6 Å². The van der Waals surface area contributed by atoms with Crippen LogP contribution in [0.2, 0.25) is 0 Å². The van der Waals surface area contributed by atoms with Gasteiger partial charge in [0.25, 0.3) is 5.91 Å². The van der Waals surface area contributed by atoms with Crippen molar-refractivity contribution in [1.82, 2.24) is 9.80 Å². The number of piperazine rings is 1. The quantitative estimate of drug-likeness (QED) is 0.790. The van der Waals surface area contributed by atoms with Crippen molar-refractivity contribution in [2.75, 3.05) is 32.7 Å². The fourth-order valence-electron chi connectivity index (χ4n) is 3.30. The van der Waals surface area contributed by atoms with Crippen LogP contribution in [0.3, 0.4) is 0 Å². The molecule has 1 amide bonds. The van der Waals surface area contributed by atoms with Gasteiger partial charge in [-0.25, -0.2) is 4.39 Å². The molecule has 2 aromatic carbocycles. The number of Topliss-reactive ketones (excluding diaryl/α,β-unsaturated/α-hetero) is 1. The van der Waals surface area contributed by atoms with E-state index in [4.69, 9.17) is 0 Å². The second kappa shape index (κ2) is 7.79. The molecule has 2 aromatic rings. The van der Waals surface area contributed by atoms with Gasteiger partial charge in [-0.3, -0.25) is 9.59 Å². The van der Waals surface area contributed by atoms with Gasteiger partial charge in [-0.15, -0.1) is 0 Å². The minimum absolute atomic E-state index is 0.0123. The van der Waals surface area contributed by atoms with E-state index in [0.29, 0.717) is 16.7 Å². The van der Waals surface area contributed by atoms with Gasteiger partial charge in [0, 0.05) is 37.3 Å². The minimum atomic E-state index is -0.390. The summed E-state index contributed by atoms with van der Waals surface area (Å²) in [4.78, 5) is 28.6. The first-order valence-corrected chi connectivity index (χ1v) is 8.92. The van der Waals surface area contributed by atoms with Crippen molar-refractivity contribution in [1.29, 1.82) is 0 Å². The maximum Gasteiger partial charge on any atom is 0.253 e. The lowest BCUT2D eigenvalue weighted by Crippen LogP contribution is -2.48. The Morgan fingerprint density at radius 2 is 1.65 bits per heavy atom. The molecule has 0 aromatic heterocycles. The lowest BCUT2D eigenvalue weighted by atomic mass is 9.96. The lowest BCUT2D eigenvalue weighted by molar-refractivity contribution is 0.0643. The number of hydrogen-bond donors (Lipinski definition) is 0. The Balaban J connectivity index is 1.80. The zero-order valence-electron chi connectivity index (χ0n) is 15.2. The molecule has 4 nitrogen and oxygen atoms in total. The van der Waals surface area contributed by atoms with Gasteiger partial charge < -0.3 is 9.80 Å². The summed E-state index contributed by atoms with van der Waals surface area (Å²) in [6, 6.07) is 11.2. The molecule has 1 heterocycles. The molecule has 1 aliphatic heterocycles. The van der Waals surface area contributed by atoms with Crippen molar-refractivity contribution >= 4 is 11.7 Å². The van der Waals surface area contributed by atoms with Crippen molar-refractivity contribution in [3.05, 3.63) is 59.4 Å². The largest absolute Gasteiger partial charge is 0.336 e. The highest BCUT2D eigenvalue weighted by atomic mass is 19.1. The number of carbonyl (C=O) groups is 2. The van der Waals surface area contributed by atoms with Crippen LogP contribution >= 0.6 is 0 Å². The van der Waals surface area contributed by atoms with Crippen LogP contribution in [-0.4, -0.2) is 54.2 Å². The molecule has 1 fully saturated rings. The summed E-state index contributed by atoms with van der Waals surface area (Å²) in [6.07, 6.45) is 0. The fourth-order valence-corrected chi connectivity index (χ4v) is 3.30. The molecular weight excluding hydrogens is 331 g/mol. The average molecular weight is 354 g/mol. The highest BCUT2D eigenvalue weighted by Crippen LogP contribution is 2.26. The van der Waals surface area contributed by atoms with E-state index in [0.717, 1.165) is 38.3 Å². The molecule has 0 unspecified atom stereocenters. The number of ketones is 1. The van der Waals surface area contributed by atoms with E-state index in [1.165, 1.54) is 25.1 Å². The number of likely N-dealkylation sites (N-methyl/N-ethyl adjacent to an activating group) is 1. The number of amides is 1. The monoisotopic (exact) mass is 354 g/mol. The molecule has 0 spiro atoms. The number of benzene rings is 2. The third-order valence-electron chi connectivity index (χ3n) is 4.91.